The summed E-state index contributed by atoms with van der Waals surface area (Å²) in [7, 11) is -3.89. The van der Waals surface area contributed by atoms with Gasteiger partial charge in [0.05, 0.1) is 17.6 Å². The summed E-state index contributed by atoms with van der Waals surface area (Å²) in [5, 5.41) is 8.69. The van der Waals surface area contributed by atoms with E-state index in [1.807, 2.05) is 25.1 Å². The predicted octanol–water partition coefficient (Wildman–Crippen LogP) is 3.26. The summed E-state index contributed by atoms with van der Waals surface area (Å²) in [4.78, 5) is 12.7. The number of nitriles is 1. The maximum Gasteiger partial charge on any atom is 0.328 e. The third-order valence-electron chi connectivity index (χ3n) is 5.08. The van der Waals surface area contributed by atoms with E-state index in [4.69, 9.17) is 4.74 Å². The standard InChI is InChI=1S/C21H21NO4S/c1-3-15-10-12-16(13-11-15)18-19(21(18,14-22)20(23)26-4-2)27(24,25)17-8-6-5-7-9-17/h5-13,18-19H,3-4H2,1-2H3/t18-,19-,21-/m1/s1. The molecule has 1 fully saturated rings. The minimum atomic E-state index is -3.89. The summed E-state index contributed by atoms with van der Waals surface area (Å²) >= 11 is 0. The second-order valence-corrected chi connectivity index (χ2v) is 8.62. The van der Waals surface area contributed by atoms with Crippen LogP contribution in [0.4, 0.5) is 0 Å². The SMILES string of the molecule is CCOC(=O)[C@]1(C#N)[C@H](c2ccc(CC)cc2)[C@H]1S(=O)(=O)c1ccccc1. The monoisotopic (exact) mass is 383 g/mol. The van der Waals surface area contributed by atoms with Crippen LogP contribution in [0.3, 0.4) is 0 Å². The zero-order valence-corrected chi connectivity index (χ0v) is 16.1. The van der Waals surface area contributed by atoms with Crippen LogP contribution in [0.2, 0.25) is 0 Å². The Balaban J connectivity index is 2.11. The molecule has 140 valence electrons. The molecule has 1 aliphatic rings. The number of ether oxygens (including phenoxy) is 1. The van der Waals surface area contributed by atoms with Crippen LogP contribution in [0.25, 0.3) is 0 Å². The minimum Gasteiger partial charge on any atom is -0.465 e. The molecule has 3 rings (SSSR count). The van der Waals surface area contributed by atoms with Gasteiger partial charge in [0.2, 0.25) is 0 Å². The van der Waals surface area contributed by atoms with Gasteiger partial charge in [0.15, 0.2) is 15.3 Å². The molecule has 0 unspecified atom stereocenters. The number of esters is 1. The fourth-order valence-corrected chi connectivity index (χ4v) is 5.87. The first kappa shape index (κ1) is 19.1. The molecule has 0 amide bonds. The first-order valence-corrected chi connectivity index (χ1v) is 10.4. The van der Waals surface area contributed by atoms with Crippen LogP contribution in [0.1, 0.15) is 30.9 Å². The molecule has 0 heterocycles. The molecule has 2 aromatic carbocycles. The topological polar surface area (TPSA) is 84.2 Å². The lowest BCUT2D eigenvalue weighted by atomic mass is 9.99. The van der Waals surface area contributed by atoms with Crippen molar-refractivity contribution >= 4 is 15.8 Å². The average Bonchev–Trinajstić information content (AvgIpc) is 3.40. The van der Waals surface area contributed by atoms with Gasteiger partial charge in [-0.3, -0.25) is 4.79 Å². The van der Waals surface area contributed by atoms with Crippen LogP contribution in [0.15, 0.2) is 59.5 Å². The molecular formula is C21H21NO4S. The number of aryl methyl sites for hydroxylation is 1. The Hall–Kier alpha value is -2.65. The number of hydrogen-bond donors (Lipinski definition) is 0. The van der Waals surface area contributed by atoms with Gasteiger partial charge in [0, 0.05) is 5.92 Å². The Morgan fingerprint density at radius 1 is 1.11 bits per heavy atom. The largest absolute Gasteiger partial charge is 0.465 e. The lowest BCUT2D eigenvalue weighted by molar-refractivity contribution is -0.147. The van der Waals surface area contributed by atoms with Gasteiger partial charge in [-0.2, -0.15) is 5.26 Å². The van der Waals surface area contributed by atoms with Gasteiger partial charge < -0.3 is 4.74 Å². The highest BCUT2D eigenvalue weighted by molar-refractivity contribution is 7.92. The molecule has 0 bridgehead atoms. The highest BCUT2D eigenvalue weighted by atomic mass is 32.2. The molecule has 0 saturated heterocycles. The number of carbonyl (C=O) groups excluding carboxylic acids is 1. The van der Waals surface area contributed by atoms with Gasteiger partial charge in [-0.1, -0.05) is 49.4 Å². The van der Waals surface area contributed by atoms with Crippen molar-refractivity contribution in [2.75, 3.05) is 6.61 Å². The van der Waals surface area contributed by atoms with Crippen LogP contribution >= 0.6 is 0 Å². The molecule has 27 heavy (non-hydrogen) atoms. The molecule has 0 N–H and O–H groups in total. The Morgan fingerprint density at radius 2 is 1.74 bits per heavy atom. The van der Waals surface area contributed by atoms with E-state index in [1.165, 1.54) is 12.1 Å². The summed E-state index contributed by atoms with van der Waals surface area (Å²) in [5.41, 5.74) is 0.0326. The van der Waals surface area contributed by atoms with Crippen LogP contribution in [0.5, 0.6) is 0 Å². The van der Waals surface area contributed by atoms with E-state index in [0.29, 0.717) is 5.56 Å². The van der Waals surface area contributed by atoms with Gasteiger partial charge in [-0.25, -0.2) is 8.42 Å². The molecule has 0 aliphatic heterocycles. The maximum atomic E-state index is 13.2. The molecule has 5 nitrogen and oxygen atoms in total. The molecule has 1 saturated carbocycles. The maximum absolute atomic E-state index is 13.2. The molecule has 0 spiro atoms. The van der Waals surface area contributed by atoms with E-state index in [2.05, 4.69) is 0 Å². The van der Waals surface area contributed by atoms with E-state index < -0.39 is 32.4 Å². The lowest BCUT2D eigenvalue weighted by Crippen LogP contribution is -2.25. The minimum absolute atomic E-state index is 0.0852. The fourth-order valence-electron chi connectivity index (χ4n) is 3.61. The molecule has 0 radical (unpaired) electrons. The summed E-state index contributed by atoms with van der Waals surface area (Å²) < 4.78 is 31.5. The second kappa shape index (κ2) is 7.16. The molecular weight excluding hydrogens is 362 g/mol. The Bertz CT molecular complexity index is 977. The molecule has 2 aromatic rings. The van der Waals surface area contributed by atoms with Crippen LogP contribution < -0.4 is 0 Å². The van der Waals surface area contributed by atoms with Gasteiger partial charge in [-0.05, 0) is 36.6 Å². The van der Waals surface area contributed by atoms with Crippen molar-refractivity contribution in [2.24, 2.45) is 5.41 Å². The zero-order chi connectivity index (χ0) is 19.7. The van der Waals surface area contributed by atoms with Crippen molar-refractivity contribution in [1.82, 2.24) is 0 Å². The van der Waals surface area contributed by atoms with Crippen molar-refractivity contribution in [3.8, 4) is 6.07 Å². The number of carbonyl (C=O) groups is 1. The Labute approximate surface area is 159 Å². The lowest BCUT2D eigenvalue weighted by Gasteiger charge is -2.09. The van der Waals surface area contributed by atoms with Crippen LogP contribution in [0, 0.1) is 16.7 Å². The first-order valence-electron chi connectivity index (χ1n) is 8.89. The Morgan fingerprint density at radius 3 is 2.26 bits per heavy atom. The quantitative estimate of drug-likeness (QED) is 0.715. The molecule has 3 atom stereocenters. The summed E-state index contributed by atoms with van der Waals surface area (Å²) in [5.74, 6) is -1.53. The van der Waals surface area contributed by atoms with Crippen molar-refractivity contribution in [3.63, 3.8) is 0 Å². The number of benzene rings is 2. The fraction of sp³-hybridized carbons (Fsp3) is 0.333. The predicted molar refractivity (Wildman–Crippen MR) is 101 cm³/mol. The Kier molecular flexibility index (Phi) is 5.07. The van der Waals surface area contributed by atoms with Crippen LogP contribution in [-0.4, -0.2) is 26.2 Å². The third kappa shape index (κ3) is 3.02. The van der Waals surface area contributed by atoms with E-state index in [0.717, 1.165) is 12.0 Å². The zero-order valence-electron chi connectivity index (χ0n) is 15.3. The number of rotatable bonds is 6. The first-order chi connectivity index (χ1) is 12.9. The van der Waals surface area contributed by atoms with Gasteiger partial charge >= 0.3 is 5.97 Å². The molecule has 6 heteroatoms. The highest BCUT2D eigenvalue weighted by Gasteiger charge is 2.77. The average molecular weight is 383 g/mol. The van der Waals surface area contributed by atoms with E-state index >= 15 is 0 Å². The van der Waals surface area contributed by atoms with Crippen molar-refractivity contribution in [1.29, 1.82) is 5.26 Å². The number of sulfone groups is 1. The van der Waals surface area contributed by atoms with Crippen molar-refractivity contribution < 1.29 is 17.9 Å². The van der Waals surface area contributed by atoms with E-state index in [1.54, 1.807) is 37.3 Å². The second-order valence-electron chi connectivity index (χ2n) is 6.55. The van der Waals surface area contributed by atoms with Crippen molar-refractivity contribution in [2.45, 2.75) is 36.3 Å². The number of nitrogens with zero attached hydrogens (tertiary/aromatic N) is 1. The van der Waals surface area contributed by atoms with Gasteiger partial charge in [0.25, 0.3) is 0 Å². The third-order valence-corrected chi connectivity index (χ3v) is 7.33. The smallest absolute Gasteiger partial charge is 0.328 e. The number of hydrogen-bond acceptors (Lipinski definition) is 5. The molecule has 0 aromatic heterocycles. The van der Waals surface area contributed by atoms with Gasteiger partial charge in [0.1, 0.15) is 5.25 Å². The normalized spacial score (nSPS) is 24.0. The van der Waals surface area contributed by atoms with E-state index in [-0.39, 0.29) is 11.5 Å². The molecule has 1 aliphatic carbocycles. The highest BCUT2D eigenvalue weighted by Crippen LogP contribution is 2.64. The van der Waals surface area contributed by atoms with Crippen molar-refractivity contribution in [3.05, 3.63) is 65.7 Å². The summed E-state index contributed by atoms with van der Waals surface area (Å²) in [6, 6.07) is 17.3. The van der Waals surface area contributed by atoms with E-state index in [9.17, 15) is 18.5 Å². The van der Waals surface area contributed by atoms with Gasteiger partial charge in [-0.15, -0.1) is 0 Å². The summed E-state index contributed by atoms with van der Waals surface area (Å²) in [6.07, 6.45) is 0.845. The van der Waals surface area contributed by atoms with Crippen LogP contribution in [-0.2, 0) is 25.8 Å². The summed E-state index contributed by atoms with van der Waals surface area (Å²) in [6.45, 7) is 3.74.